The van der Waals surface area contributed by atoms with E-state index >= 15 is 0 Å². The van der Waals surface area contributed by atoms with Crippen molar-refractivity contribution in [3.63, 3.8) is 0 Å². The molecular formula is C17H15F3N4O3S. The molecule has 3 N–H and O–H groups in total. The highest BCUT2D eigenvalue weighted by atomic mass is 32.2. The Labute approximate surface area is 158 Å². The summed E-state index contributed by atoms with van der Waals surface area (Å²) < 4.78 is 67.9. The highest BCUT2D eigenvalue weighted by Gasteiger charge is 2.23. The van der Waals surface area contributed by atoms with Crippen molar-refractivity contribution in [3.8, 4) is 0 Å². The molecule has 3 aromatic rings. The first kappa shape index (κ1) is 19.7. The zero-order chi connectivity index (χ0) is 20.5. The number of nitrogens with zero attached hydrogens (tertiary/aromatic N) is 1. The molecule has 0 spiro atoms. The second kappa shape index (κ2) is 7.50. The van der Waals surface area contributed by atoms with Gasteiger partial charge in [-0.3, -0.25) is 9.52 Å². The van der Waals surface area contributed by atoms with E-state index in [1.54, 1.807) is 6.92 Å². The molecule has 0 aliphatic rings. The molecule has 1 amide bonds. The van der Waals surface area contributed by atoms with Gasteiger partial charge in [-0.1, -0.05) is 6.92 Å². The number of anilines is 2. The molecule has 2 heterocycles. The van der Waals surface area contributed by atoms with Crippen molar-refractivity contribution >= 4 is 38.3 Å². The molecule has 0 radical (unpaired) electrons. The number of hydrogen-bond acceptors (Lipinski definition) is 4. The summed E-state index contributed by atoms with van der Waals surface area (Å²) in [4.78, 5) is 18.8. The van der Waals surface area contributed by atoms with E-state index in [9.17, 15) is 26.4 Å². The van der Waals surface area contributed by atoms with Gasteiger partial charge in [-0.05, 0) is 24.6 Å². The number of rotatable bonds is 6. The molecule has 11 heteroatoms. The summed E-state index contributed by atoms with van der Waals surface area (Å²) in [6.45, 7) is 1.62. The molecule has 7 nitrogen and oxygen atoms in total. The monoisotopic (exact) mass is 412 g/mol. The summed E-state index contributed by atoms with van der Waals surface area (Å²) in [5.74, 6) is -4.60. The minimum atomic E-state index is -3.84. The van der Waals surface area contributed by atoms with Crippen molar-refractivity contribution in [2.45, 2.75) is 13.3 Å². The summed E-state index contributed by atoms with van der Waals surface area (Å²) in [5.41, 5.74) is -1.29. The number of carbonyl (C=O) groups is 1. The smallest absolute Gasteiger partial charge is 0.261 e. The minimum Gasteiger partial charge on any atom is -0.343 e. The highest BCUT2D eigenvalue weighted by Crippen LogP contribution is 2.24. The predicted molar refractivity (Wildman–Crippen MR) is 98.1 cm³/mol. The Bertz CT molecular complexity index is 1160. The van der Waals surface area contributed by atoms with E-state index in [0.29, 0.717) is 0 Å². The van der Waals surface area contributed by atoms with Gasteiger partial charge in [0.15, 0.2) is 5.82 Å². The second-order valence-electron chi connectivity index (χ2n) is 5.92. The van der Waals surface area contributed by atoms with Crippen LogP contribution >= 0.6 is 0 Å². The Hall–Kier alpha value is -3.08. The quantitative estimate of drug-likeness (QED) is 0.577. The summed E-state index contributed by atoms with van der Waals surface area (Å²) in [6.07, 6.45) is 2.55. The summed E-state index contributed by atoms with van der Waals surface area (Å²) >= 11 is 0. The normalized spacial score (nSPS) is 11.6. The Kier molecular flexibility index (Phi) is 5.27. The van der Waals surface area contributed by atoms with Crippen LogP contribution in [0.4, 0.5) is 24.5 Å². The number of amides is 1. The summed E-state index contributed by atoms with van der Waals surface area (Å²) in [6, 6.07) is 2.90. The molecule has 0 fully saturated rings. The van der Waals surface area contributed by atoms with Gasteiger partial charge in [0.25, 0.3) is 5.91 Å². The lowest BCUT2D eigenvalue weighted by Crippen LogP contribution is -2.20. The number of H-pyrrole nitrogens is 1. The van der Waals surface area contributed by atoms with Gasteiger partial charge in [-0.15, -0.1) is 0 Å². The van der Waals surface area contributed by atoms with Crippen molar-refractivity contribution in [1.29, 1.82) is 0 Å². The molecule has 0 bridgehead atoms. The van der Waals surface area contributed by atoms with Crippen LogP contribution in [0.2, 0.25) is 0 Å². The number of benzene rings is 1. The molecule has 3 rings (SSSR count). The molecule has 0 saturated carbocycles. The van der Waals surface area contributed by atoms with E-state index in [0.717, 1.165) is 18.3 Å². The van der Waals surface area contributed by atoms with Crippen LogP contribution in [0, 0.1) is 17.5 Å². The van der Waals surface area contributed by atoms with Crippen molar-refractivity contribution < 1.29 is 26.4 Å². The maximum absolute atomic E-state index is 14.6. The number of aromatic nitrogens is 2. The maximum Gasteiger partial charge on any atom is 0.261 e. The third-order valence-corrected chi connectivity index (χ3v) is 5.27. The second-order valence-corrected chi connectivity index (χ2v) is 7.76. The average Bonchev–Trinajstić information content (AvgIpc) is 2.98. The molecule has 0 unspecified atom stereocenters. The van der Waals surface area contributed by atoms with Gasteiger partial charge >= 0.3 is 0 Å². The van der Waals surface area contributed by atoms with Gasteiger partial charge in [0.05, 0.1) is 28.7 Å². The van der Waals surface area contributed by atoms with Crippen LogP contribution in [-0.2, 0) is 10.0 Å². The number of aromatic amines is 1. The zero-order valence-corrected chi connectivity index (χ0v) is 15.3. The summed E-state index contributed by atoms with van der Waals surface area (Å²) in [5, 5.41) is 2.31. The first-order chi connectivity index (χ1) is 13.2. The van der Waals surface area contributed by atoms with Crippen LogP contribution in [-0.4, -0.2) is 30.0 Å². The van der Waals surface area contributed by atoms with E-state index in [1.165, 1.54) is 12.3 Å². The lowest BCUT2D eigenvalue weighted by molar-refractivity contribution is 0.101. The van der Waals surface area contributed by atoms with Crippen molar-refractivity contribution in [1.82, 2.24) is 9.97 Å². The fraction of sp³-hybridized carbons (Fsp3) is 0.176. The van der Waals surface area contributed by atoms with Crippen LogP contribution in [0.3, 0.4) is 0 Å². The lowest BCUT2D eigenvalue weighted by atomic mass is 10.1. The largest absolute Gasteiger partial charge is 0.343 e. The molecule has 148 valence electrons. The number of halogens is 3. The van der Waals surface area contributed by atoms with Crippen LogP contribution in [0.5, 0.6) is 0 Å². The van der Waals surface area contributed by atoms with Gasteiger partial charge in [0, 0.05) is 6.20 Å². The van der Waals surface area contributed by atoms with Gasteiger partial charge in [-0.25, -0.2) is 26.6 Å². The number of sulfonamides is 1. The Morgan fingerprint density at radius 3 is 2.68 bits per heavy atom. The first-order valence-corrected chi connectivity index (χ1v) is 9.79. The third kappa shape index (κ3) is 3.93. The molecule has 0 aliphatic carbocycles. The lowest BCUT2D eigenvalue weighted by Gasteiger charge is -2.12. The molecule has 0 saturated heterocycles. The van der Waals surface area contributed by atoms with Gasteiger partial charge in [0.1, 0.15) is 22.8 Å². The van der Waals surface area contributed by atoms with E-state index < -0.39 is 44.6 Å². The SMILES string of the molecule is CCCS(=O)(=O)Nc1ccc(F)c(C(=O)Nc2cnc3[nH]cc(F)c3c2)c1F. The average molecular weight is 412 g/mol. The number of carbonyl (C=O) groups excluding carboxylic acids is 1. The molecule has 28 heavy (non-hydrogen) atoms. The van der Waals surface area contributed by atoms with Gasteiger partial charge in [-0.2, -0.15) is 0 Å². The fourth-order valence-electron chi connectivity index (χ4n) is 2.56. The molecule has 1 aromatic carbocycles. The van der Waals surface area contributed by atoms with Crippen LogP contribution in [0.1, 0.15) is 23.7 Å². The van der Waals surface area contributed by atoms with E-state index in [4.69, 9.17) is 0 Å². The van der Waals surface area contributed by atoms with Crippen molar-refractivity contribution in [2.24, 2.45) is 0 Å². The third-order valence-electron chi connectivity index (χ3n) is 3.79. The standard InChI is InChI=1S/C17H15F3N4O3S/c1-2-5-28(26,27)24-13-4-3-11(18)14(15(13)20)17(25)23-9-6-10-12(19)8-22-16(10)21-7-9/h3-4,6-8,24H,2,5H2,1H3,(H,21,22)(H,23,25). The molecular weight excluding hydrogens is 397 g/mol. The topological polar surface area (TPSA) is 104 Å². The molecule has 2 aromatic heterocycles. The highest BCUT2D eigenvalue weighted by molar-refractivity contribution is 7.92. The number of fused-ring (bicyclic) bond motifs is 1. The van der Waals surface area contributed by atoms with Gasteiger partial charge < -0.3 is 10.3 Å². The van der Waals surface area contributed by atoms with Crippen LogP contribution in [0.25, 0.3) is 11.0 Å². The number of pyridine rings is 1. The van der Waals surface area contributed by atoms with Crippen LogP contribution < -0.4 is 10.0 Å². The van der Waals surface area contributed by atoms with Crippen molar-refractivity contribution in [3.05, 3.63) is 53.6 Å². The summed E-state index contributed by atoms with van der Waals surface area (Å²) in [7, 11) is -3.84. The minimum absolute atomic E-state index is 0.00627. The van der Waals surface area contributed by atoms with E-state index in [-0.39, 0.29) is 28.9 Å². The first-order valence-electron chi connectivity index (χ1n) is 8.14. The molecule has 0 atom stereocenters. The number of hydrogen-bond donors (Lipinski definition) is 3. The van der Waals surface area contributed by atoms with E-state index in [1.807, 2.05) is 4.72 Å². The predicted octanol–water partition coefficient (Wildman–Crippen LogP) is 3.38. The Morgan fingerprint density at radius 1 is 1.21 bits per heavy atom. The van der Waals surface area contributed by atoms with E-state index in [2.05, 4.69) is 15.3 Å². The maximum atomic E-state index is 14.6. The Morgan fingerprint density at radius 2 is 1.96 bits per heavy atom. The number of nitrogens with one attached hydrogen (secondary N) is 3. The van der Waals surface area contributed by atoms with Gasteiger partial charge in [0.2, 0.25) is 10.0 Å². The Balaban J connectivity index is 1.92. The van der Waals surface area contributed by atoms with Crippen LogP contribution in [0.15, 0.2) is 30.6 Å². The van der Waals surface area contributed by atoms with Crippen molar-refractivity contribution in [2.75, 3.05) is 15.8 Å². The molecule has 0 aliphatic heterocycles. The fourth-order valence-corrected chi connectivity index (χ4v) is 3.69. The zero-order valence-electron chi connectivity index (χ0n) is 14.5.